The van der Waals surface area contributed by atoms with Gasteiger partial charge in [-0.05, 0) is 62.5 Å². The van der Waals surface area contributed by atoms with Crippen LogP contribution < -0.4 is 9.47 Å². The second-order valence-electron chi connectivity index (χ2n) is 9.55. The third-order valence-electron chi connectivity index (χ3n) is 7.27. The summed E-state index contributed by atoms with van der Waals surface area (Å²) < 4.78 is 12.2. The highest BCUT2D eigenvalue weighted by molar-refractivity contribution is 5.76. The number of carbonyl (C=O) groups is 1. The summed E-state index contributed by atoms with van der Waals surface area (Å²) in [6.45, 7) is 4.40. The van der Waals surface area contributed by atoms with Gasteiger partial charge in [0.1, 0.15) is 0 Å². The molecular weight excluding hydrogens is 372 g/mol. The molecule has 2 saturated carbocycles. The van der Waals surface area contributed by atoms with Crippen molar-refractivity contribution in [2.45, 2.75) is 110 Å². The maximum absolute atomic E-state index is 12.9. The Kier molecular flexibility index (Phi) is 9.55. The van der Waals surface area contributed by atoms with Gasteiger partial charge in [0.15, 0.2) is 11.5 Å². The van der Waals surface area contributed by atoms with E-state index in [0.29, 0.717) is 5.75 Å². The van der Waals surface area contributed by atoms with E-state index in [1.807, 2.05) is 24.3 Å². The molecule has 1 aromatic rings. The van der Waals surface area contributed by atoms with Crippen molar-refractivity contribution in [3.8, 4) is 11.5 Å². The molecule has 0 bridgehead atoms. The Morgan fingerprint density at radius 1 is 0.867 bits per heavy atom. The minimum Gasteiger partial charge on any atom is -0.487 e. The first kappa shape index (κ1) is 23.2. The minimum atomic E-state index is -0.0613. The van der Waals surface area contributed by atoms with Gasteiger partial charge in [0, 0.05) is 0 Å². The number of carbonyl (C=O) groups excluding carboxylic acids is 1. The molecule has 3 heteroatoms. The smallest absolute Gasteiger partial charge is 0.314 e. The second kappa shape index (κ2) is 12.4. The molecule has 0 aromatic heterocycles. The average Bonchev–Trinajstić information content (AvgIpc) is 2.79. The summed E-state index contributed by atoms with van der Waals surface area (Å²) in [5.74, 6) is 3.03. The zero-order chi connectivity index (χ0) is 21.2. The molecular formula is C27H42O3. The molecule has 0 saturated heterocycles. The Morgan fingerprint density at radius 3 is 2.20 bits per heavy atom. The largest absolute Gasteiger partial charge is 0.487 e. The number of ether oxygens (including phenoxy) is 2. The summed E-state index contributed by atoms with van der Waals surface area (Å²) in [5.41, 5.74) is 0. The molecule has 0 heterocycles. The SMILES string of the molecule is CCCCC(CCC)Oc1ccccc1OC(=O)C1CCC(C2CCCCC2)CC1. The third-order valence-corrected chi connectivity index (χ3v) is 7.27. The molecule has 2 fully saturated rings. The van der Waals surface area contributed by atoms with Gasteiger partial charge >= 0.3 is 5.97 Å². The van der Waals surface area contributed by atoms with Crippen molar-refractivity contribution in [2.75, 3.05) is 0 Å². The molecule has 168 valence electrons. The highest BCUT2D eigenvalue weighted by Crippen LogP contribution is 2.40. The van der Waals surface area contributed by atoms with Gasteiger partial charge in [-0.15, -0.1) is 0 Å². The van der Waals surface area contributed by atoms with Gasteiger partial charge in [-0.2, -0.15) is 0 Å². The van der Waals surface area contributed by atoms with Gasteiger partial charge < -0.3 is 9.47 Å². The number of rotatable bonds is 10. The van der Waals surface area contributed by atoms with E-state index >= 15 is 0 Å². The van der Waals surface area contributed by atoms with Crippen LogP contribution in [0.1, 0.15) is 104 Å². The lowest BCUT2D eigenvalue weighted by atomic mass is 9.71. The predicted molar refractivity (Wildman–Crippen MR) is 123 cm³/mol. The first-order valence-electron chi connectivity index (χ1n) is 12.7. The number of benzene rings is 1. The van der Waals surface area contributed by atoms with Gasteiger partial charge in [0.2, 0.25) is 0 Å². The lowest BCUT2D eigenvalue weighted by Gasteiger charge is -2.35. The number of para-hydroxylation sites is 2. The predicted octanol–water partition coefficient (Wildman–Crippen LogP) is 7.72. The maximum atomic E-state index is 12.9. The Hall–Kier alpha value is -1.51. The Bertz CT molecular complexity index is 627. The minimum absolute atomic E-state index is 0.0458. The molecule has 0 spiro atoms. The second-order valence-corrected chi connectivity index (χ2v) is 9.55. The lowest BCUT2D eigenvalue weighted by molar-refractivity contribution is -0.140. The quantitative estimate of drug-likeness (QED) is 0.290. The number of esters is 1. The average molecular weight is 415 g/mol. The highest BCUT2D eigenvalue weighted by Gasteiger charge is 2.32. The number of hydrogen-bond donors (Lipinski definition) is 0. The van der Waals surface area contributed by atoms with Crippen LogP contribution in [0.2, 0.25) is 0 Å². The molecule has 0 N–H and O–H groups in total. The van der Waals surface area contributed by atoms with E-state index in [1.165, 1.54) is 51.4 Å². The van der Waals surface area contributed by atoms with E-state index in [-0.39, 0.29) is 18.0 Å². The molecule has 0 radical (unpaired) electrons. The van der Waals surface area contributed by atoms with Gasteiger partial charge in [-0.25, -0.2) is 0 Å². The summed E-state index contributed by atoms with van der Waals surface area (Å²) in [6.07, 6.45) is 17.1. The van der Waals surface area contributed by atoms with Crippen LogP contribution in [0.4, 0.5) is 0 Å². The van der Waals surface area contributed by atoms with Crippen molar-refractivity contribution in [1.29, 1.82) is 0 Å². The molecule has 1 aromatic carbocycles. The molecule has 30 heavy (non-hydrogen) atoms. The summed E-state index contributed by atoms with van der Waals surface area (Å²) in [4.78, 5) is 12.9. The fourth-order valence-corrected chi connectivity index (χ4v) is 5.45. The van der Waals surface area contributed by atoms with Crippen LogP contribution in [0, 0.1) is 17.8 Å². The topological polar surface area (TPSA) is 35.5 Å². The number of unbranched alkanes of at least 4 members (excludes halogenated alkanes) is 1. The van der Waals surface area contributed by atoms with Gasteiger partial charge in [0.05, 0.1) is 12.0 Å². The van der Waals surface area contributed by atoms with Crippen LogP contribution in [-0.4, -0.2) is 12.1 Å². The van der Waals surface area contributed by atoms with E-state index < -0.39 is 0 Å². The third kappa shape index (κ3) is 6.75. The summed E-state index contributed by atoms with van der Waals surface area (Å²) in [5, 5.41) is 0. The first-order chi connectivity index (χ1) is 14.7. The zero-order valence-corrected chi connectivity index (χ0v) is 19.2. The summed E-state index contributed by atoms with van der Waals surface area (Å²) in [7, 11) is 0. The van der Waals surface area contributed by atoms with Gasteiger partial charge in [0.25, 0.3) is 0 Å². The molecule has 0 amide bonds. The molecule has 2 aliphatic rings. The van der Waals surface area contributed by atoms with Crippen molar-refractivity contribution in [3.63, 3.8) is 0 Å². The van der Waals surface area contributed by atoms with Crippen LogP contribution in [0.25, 0.3) is 0 Å². The van der Waals surface area contributed by atoms with Crippen molar-refractivity contribution in [3.05, 3.63) is 24.3 Å². The lowest BCUT2D eigenvalue weighted by Crippen LogP contribution is -2.29. The van der Waals surface area contributed by atoms with E-state index in [0.717, 1.165) is 56.1 Å². The highest BCUT2D eigenvalue weighted by atomic mass is 16.6. The summed E-state index contributed by atoms with van der Waals surface area (Å²) >= 11 is 0. The van der Waals surface area contributed by atoms with E-state index in [2.05, 4.69) is 13.8 Å². The first-order valence-corrected chi connectivity index (χ1v) is 12.7. The van der Waals surface area contributed by atoms with Crippen molar-refractivity contribution >= 4 is 5.97 Å². The fraction of sp³-hybridized carbons (Fsp3) is 0.741. The van der Waals surface area contributed by atoms with Gasteiger partial charge in [-0.3, -0.25) is 4.79 Å². The fourth-order valence-electron chi connectivity index (χ4n) is 5.45. The van der Waals surface area contributed by atoms with Crippen molar-refractivity contribution in [1.82, 2.24) is 0 Å². The Balaban J connectivity index is 1.54. The van der Waals surface area contributed by atoms with E-state index in [4.69, 9.17) is 9.47 Å². The van der Waals surface area contributed by atoms with Crippen LogP contribution in [0.3, 0.4) is 0 Å². The summed E-state index contributed by atoms with van der Waals surface area (Å²) in [6, 6.07) is 7.71. The van der Waals surface area contributed by atoms with Crippen LogP contribution >= 0.6 is 0 Å². The van der Waals surface area contributed by atoms with Crippen LogP contribution in [0.15, 0.2) is 24.3 Å². The normalized spacial score (nSPS) is 23.7. The zero-order valence-electron chi connectivity index (χ0n) is 19.2. The molecule has 3 nitrogen and oxygen atoms in total. The number of hydrogen-bond acceptors (Lipinski definition) is 3. The maximum Gasteiger partial charge on any atom is 0.314 e. The van der Waals surface area contributed by atoms with Crippen LogP contribution in [-0.2, 0) is 4.79 Å². The molecule has 0 aliphatic heterocycles. The van der Waals surface area contributed by atoms with E-state index in [1.54, 1.807) is 0 Å². The van der Waals surface area contributed by atoms with Crippen molar-refractivity contribution < 1.29 is 14.3 Å². The van der Waals surface area contributed by atoms with E-state index in [9.17, 15) is 4.79 Å². The Labute approximate surface area is 183 Å². The standard InChI is InChI=1S/C27H42O3/c1-3-5-14-24(11-4-2)29-25-15-9-10-16-26(25)30-27(28)23-19-17-22(18-20-23)21-12-7-6-8-13-21/h9-10,15-16,21-24H,3-8,11-14,17-20H2,1-2H3. The monoisotopic (exact) mass is 414 g/mol. The molecule has 1 atom stereocenters. The van der Waals surface area contributed by atoms with Crippen LogP contribution in [0.5, 0.6) is 11.5 Å². The molecule has 2 aliphatic carbocycles. The Morgan fingerprint density at radius 2 is 1.53 bits per heavy atom. The van der Waals surface area contributed by atoms with Crippen molar-refractivity contribution in [2.24, 2.45) is 17.8 Å². The molecule has 3 rings (SSSR count). The molecule has 1 unspecified atom stereocenters. The van der Waals surface area contributed by atoms with Gasteiger partial charge in [-0.1, -0.05) is 77.3 Å².